The molecule has 1 aromatic rings. The molecule has 1 unspecified atom stereocenters. The van der Waals surface area contributed by atoms with E-state index in [0.717, 1.165) is 0 Å². The average Bonchev–Trinajstić information content (AvgIpc) is 2.28. The lowest BCUT2D eigenvalue weighted by molar-refractivity contribution is -0.154. The normalized spacial score (nSPS) is 11.7. The lowest BCUT2D eigenvalue weighted by Gasteiger charge is -2.14. The summed E-state index contributed by atoms with van der Waals surface area (Å²) in [5.41, 5.74) is 0. The number of carbonyl (C=O) groups excluding carboxylic acids is 2. The topological polar surface area (TPSA) is 52.6 Å². The fourth-order valence-corrected chi connectivity index (χ4v) is 1.29. The summed E-state index contributed by atoms with van der Waals surface area (Å²) < 4.78 is 10.0. The molecule has 0 N–H and O–H groups in total. The highest BCUT2D eigenvalue weighted by molar-refractivity contribution is 6.30. The molecule has 0 aliphatic rings. The van der Waals surface area contributed by atoms with Crippen molar-refractivity contribution in [3.63, 3.8) is 0 Å². The van der Waals surface area contributed by atoms with Crippen LogP contribution in [0.3, 0.4) is 0 Å². The van der Waals surface area contributed by atoms with Crippen molar-refractivity contribution in [1.29, 1.82) is 0 Å². The highest BCUT2D eigenvalue weighted by Gasteiger charge is 2.26. The number of Topliss-reactive ketones (excluding diaryl/α,β-unsaturated/α-hetero) is 1. The summed E-state index contributed by atoms with van der Waals surface area (Å²) in [6.45, 7) is 3.14. The van der Waals surface area contributed by atoms with E-state index in [4.69, 9.17) is 21.1 Å². The van der Waals surface area contributed by atoms with Gasteiger partial charge in [0.25, 0.3) is 6.10 Å². The molecular weight excluding hydrogens is 244 g/mol. The first-order chi connectivity index (χ1) is 8.04. The Morgan fingerprint density at radius 3 is 2.35 bits per heavy atom. The van der Waals surface area contributed by atoms with E-state index in [1.165, 1.54) is 6.92 Å². The standard InChI is InChI=1S/C12H13ClO4/c1-3-16-12(15)11(8(2)14)17-10-6-4-9(13)5-7-10/h4-7,11H,3H2,1-2H3. The van der Waals surface area contributed by atoms with Gasteiger partial charge in [-0.25, -0.2) is 4.79 Å². The van der Waals surface area contributed by atoms with Gasteiger partial charge >= 0.3 is 5.97 Å². The fraction of sp³-hybridized carbons (Fsp3) is 0.333. The highest BCUT2D eigenvalue weighted by Crippen LogP contribution is 2.17. The van der Waals surface area contributed by atoms with Crippen molar-refractivity contribution in [3.05, 3.63) is 29.3 Å². The van der Waals surface area contributed by atoms with Crippen LogP contribution in [0.5, 0.6) is 5.75 Å². The molecule has 4 nitrogen and oxygen atoms in total. The zero-order chi connectivity index (χ0) is 12.8. The molecule has 1 rings (SSSR count). The molecule has 0 aliphatic carbocycles. The van der Waals surface area contributed by atoms with Gasteiger partial charge in [0.15, 0.2) is 5.78 Å². The molecule has 0 amide bonds. The van der Waals surface area contributed by atoms with Crippen LogP contribution in [0.15, 0.2) is 24.3 Å². The third-order valence-corrected chi connectivity index (χ3v) is 2.19. The zero-order valence-corrected chi connectivity index (χ0v) is 10.4. The zero-order valence-electron chi connectivity index (χ0n) is 9.60. The van der Waals surface area contributed by atoms with E-state index in [2.05, 4.69) is 0 Å². The van der Waals surface area contributed by atoms with Gasteiger partial charge in [0.2, 0.25) is 0 Å². The number of ketones is 1. The maximum Gasteiger partial charge on any atom is 0.355 e. The molecule has 92 valence electrons. The molecule has 17 heavy (non-hydrogen) atoms. The summed E-state index contributed by atoms with van der Waals surface area (Å²) in [4.78, 5) is 22.7. The summed E-state index contributed by atoms with van der Waals surface area (Å²) in [6.07, 6.45) is -1.23. The number of benzene rings is 1. The third-order valence-electron chi connectivity index (χ3n) is 1.94. The van der Waals surface area contributed by atoms with Gasteiger partial charge in [-0.2, -0.15) is 0 Å². The molecule has 1 atom stereocenters. The molecule has 1 aromatic carbocycles. The van der Waals surface area contributed by atoms with Gasteiger partial charge in [0, 0.05) is 5.02 Å². The maximum absolute atomic E-state index is 11.5. The van der Waals surface area contributed by atoms with Gasteiger partial charge < -0.3 is 9.47 Å². The molecule has 0 aliphatic heterocycles. The summed E-state index contributed by atoms with van der Waals surface area (Å²) in [5, 5.41) is 0.549. The monoisotopic (exact) mass is 256 g/mol. The first-order valence-electron chi connectivity index (χ1n) is 5.14. The van der Waals surface area contributed by atoms with E-state index in [0.29, 0.717) is 10.8 Å². The Kier molecular flexibility index (Phi) is 4.97. The van der Waals surface area contributed by atoms with E-state index in [1.54, 1.807) is 31.2 Å². The number of hydrogen-bond acceptors (Lipinski definition) is 4. The van der Waals surface area contributed by atoms with E-state index in [1.807, 2.05) is 0 Å². The van der Waals surface area contributed by atoms with E-state index in [-0.39, 0.29) is 6.61 Å². The second-order valence-corrected chi connectivity index (χ2v) is 3.75. The van der Waals surface area contributed by atoms with Gasteiger partial charge in [0.05, 0.1) is 6.61 Å². The van der Waals surface area contributed by atoms with E-state index < -0.39 is 17.9 Å². The molecule has 0 aromatic heterocycles. The second kappa shape index (κ2) is 6.25. The average molecular weight is 257 g/mol. The molecule has 0 fully saturated rings. The predicted octanol–water partition coefficient (Wildman–Crippen LogP) is 2.24. The molecule has 0 saturated carbocycles. The Balaban J connectivity index is 2.76. The number of hydrogen-bond donors (Lipinski definition) is 0. The van der Waals surface area contributed by atoms with Crippen molar-refractivity contribution in [2.75, 3.05) is 6.61 Å². The SMILES string of the molecule is CCOC(=O)C(Oc1ccc(Cl)cc1)C(C)=O. The summed E-state index contributed by atoms with van der Waals surface area (Å²) in [5.74, 6) is -0.698. The number of esters is 1. The van der Waals surface area contributed by atoms with Crippen LogP contribution in [-0.4, -0.2) is 24.5 Å². The largest absolute Gasteiger partial charge is 0.471 e. The lowest BCUT2D eigenvalue weighted by atomic mass is 10.2. The van der Waals surface area contributed by atoms with E-state index in [9.17, 15) is 9.59 Å². The van der Waals surface area contributed by atoms with Crippen LogP contribution in [-0.2, 0) is 14.3 Å². The predicted molar refractivity (Wildman–Crippen MR) is 63.2 cm³/mol. The van der Waals surface area contributed by atoms with Crippen LogP contribution < -0.4 is 4.74 Å². The second-order valence-electron chi connectivity index (χ2n) is 3.31. The van der Waals surface area contributed by atoms with Crippen LogP contribution in [0.1, 0.15) is 13.8 Å². The highest BCUT2D eigenvalue weighted by atomic mass is 35.5. The maximum atomic E-state index is 11.5. The molecular formula is C12H13ClO4. The van der Waals surface area contributed by atoms with Gasteiger partial charge in [-0.1, -0.05) is 11.6 Å². The smallest absolute Gasteiger partial charge is 0.355 e. The Morgan fingerprint density at radius 1 is 1.29 bits per heavy atom. The molecule has 0 bridgehead atoms. The molecule has 0 spiro atoms. The van der Waals surface area contributed by atoms with Gasteiger partial charge in [0.1, 0.15) is 5.75 Å². The van der Waals surface area contributed by atoms with Crippen molar-refractivity contribution in [2.24, 2.45) is 0 Å². The Bertz CT molecular complexity index is 399. The Morgan fingerprint density at radius 2 is 1.88 bits per heavy atom. The van der Waals surface area contributed by atoms with Crippen molar-refractivity contribution in [3.8, 4) is 5.75 Å². The van der Waals surface area contributed by atoms with Crippen molar-refractivity contribution >= 4 is 23.4 Å². The third kappa shape index (κ3) is 4.07. The molecule has 0 saturated heterocycles. The molecule has 0 radical (unpaired) electrons. The van der Waals surface area contributed by atoms with Crippen molar-refractivity contribution in [2.45, 2.75) is 20.0 Å². The Hall–Kier alpha value is -1.55. The minimum atomic E-state index is -1.23. The molecule has 0 heterocycles. The van der Waals surface area contributed by atoms with Crippen LogP contribution in [0.2, 0.25) is 5.02 Å². The first-order valence-corrected chi connectivity index (χ1v) is 5.51. The van der Waals surface area contributed by atoms with Crippen molar-refractivity contribution in [1.82, 2.24) is 0 Å². The first kappa shape index (κ1) is 13.5. The van der Waals surface area contributed by atoms with Crippen LogP contribution in [0.4, 0.5) is 0 Å². The number of halogens is 1. The summed E-state index contributed by atoms with van der Waals surface area (Å²) >= 11 is 5.71. The van der Waals surface area contributed by atoms with Crippen LogP contribution in [0, 0.1) is 0 Å². The van der Waals surface area contributed by atoms with Crippen LogP contribution in [0.25, 0.3) is 0 Å². The van der Waals surface area contributed by atoms with Crippen molar-refractivity contribution < 1.29 is 19.1 Å². The van der Waals surface area contributed by atoms with Crippen LogP contribution >= 0.6 is 11.6 Å². The van der Waals surface area contributed by atoms with E-state index >= 15 is 0 Å². The number of ether oxygens (including phenoxy) is 2. The quantitative estimate of drug-likeness (QED) is 0.599. The fourth-order valence-electron chi connectivity index (χ4n) is 1.16. The molecule has 5 heteroatoms. The number of rotatable bonds is 5. The van der Waals surface area contributed by atoms with Gasteiger partial charge in [-0.05, 0) is 38.1 Å². The van der Waals surface area contributed by atoms with Gasteiger partial charge in [-0.15, -0.1) is 0 Å². The summed E-state index contributed by atoms with van der Waals surface area (Å²) in [7, 11) is 0. The van der Waals surface area contributed by atoms with Gasteiger partial charge in [-0.3, -0.25) is 4.79 Å². The minimum absolute atomic E-state index is 0.201. The summed E-state index contributed by atoms with van der Waals surface area (Å²) in [6, 6.07) is 6.38. The Labute approximate surface area is 104 Å². The number of carbonyl (C=O) groups is 2. The lowest BCUT2D eigenvalue weighted by Crippen LogP contribution is -2.35. The minimum Gasteiger partial charge on any atom is -0.471 e.